The highest BCUT2D eigenvalue weighted by Gasteiger charge is 2.34. The van der Waals surface area contributed by atoms with Gasteiger partial charge in [-0.2, -0.15) is 13.2 Å². The molecule has 5 rings (SSSR count). The smallest absolute Gasteiger partial charge is 0.295 e. The third-order valence-corrected chi connectivity index (χ3v) is 7.44. The van der Waals surface area contributed by atoms with Crippen LogP contribution in [0.1, 0.15) is 52.6 Å². The van der Waals surface area contributed by atoms with E-state index in [1.54, 1.807) is 6.07 Å². The average molecular weight is 526 g/mol. The summed E-state index contributed by atoms with van der Waals surface area (Å²) in [5.74, 6) is 0. The van der Waals surface area contributed by atoms with Gasteiger partial charge in [-0.1, -0.05) is 72.3 Å². The van der Waals surface area contributed by atoms with Crippen LogP contribution in [0.2, 0.25) is 5.02 Å². The van der Waals surface area contributed by atoms with Crippen LogP contribution in [0, 0.1) is 0 Å². The Hall–Kier alpha value is -2.89. The molecular formula is C31H28ClF4N. The van der Waals surface area contributed by atoms with Crippen LogP contribution >= 0.6 is 11.6 Å². The minimum Gasteiger partial charge on any atom is -0.295 e. The summed E-state index contributed by atoms with van der Waals surface area (Å²) in [5.41, 5.74) is 7.26. The SMILES string of the molecule is FCCCN1CC(=Cc2ccc(C3=C(c4ccc(Cl)c(C(F)(F)F)c4)CCCc4ccccc43)cc2)C1. The van der Waals surface area contributed by atoms with Crippen LogP contribution in [0.4, 0.5) is 17.6 Å². The first-order chi connectivity index (χ1) is 17.8. The maximum Gasteiger partial charge on any atom is 0.417 e. The summed E-state index contributed by atoms with van der Waals surface area (Å²) < 4.78 is 53.4. The molecule has 37 heavy (non-hydrogen) atoms. The normalized spacial score (nSPS) is 16.3. The lowest BCUT2D eigenvalue weighted by Gasteiger charge is -2.33. The molecule has 1 aliphatic heterocycles. The van der Waals surface area contributed by atoms with E-state index >= 15 is 0 Å². The van der Waals surface area contributed by atoms with E-state index in [-0.39, 0.29) is 11.7 Å². The first-order valence-electron chi connectivity index (χ1n) is 12.6. The monoisotopic (exact) mass is 525 g/mol. The standard InChI is InChI=1S/C31H28ClF4N/c32-29-14-13-25(18-28(29)31(34,35)36)27-8-3-6-23-5-1-2-7-26(23)30(27)24-11-9-21(10-12-24)17-22-19-37(20-22)16-4-15-33/h1-2,5,7,9-14,17-18H,3-4,6,8,15-16,19-20H2. The molecule has 0 atom stereocenters. The van der Waals surface area contributed by atoms with Crippen LogP contribution in [0.3, 0.4) is 0 Å². The van der Waals surface area contributed by atoms with Gasteiger partial charge in [-0.05, 0) is 82.4 Å². The number of fused-ring (bicyclic) bond motifs is 1. The Morgan fingerprint density at radius 1 is 0.892 bits per heavy atom. The van der Waals surface area contributed by atoms with Gasteiger partial charge in [0.15, 0.2) is 0 Å². The van der Waals surface area contributed by atoms with E-state index in [1.165, 1.54) is 23.3 Å². The fraction of sp³-hybridized carbons (Fsp3) is 0.290. The van der Waals surface area contributed by atoms with Crippen LogP contribution in [-0.2, 0) is 12.6 Å². The number of aryl methyl sites for hydroxylation is 1. The van der Waals surface area contributed by atoms with Gasteiger partial charge < -0.3 is 0 Å². The third kappa shape index (κ3) is 5.68. The zero-order valence-corrected chi connectivity index (χ0v) is 21.2. The first kappa shape index (κ1) is 25.7. The Kier molecular flexibility index (Phi) is 7.55. The predicted octanol–water partition coefficient (Wildman–Crippen LogP) is 8.71. The van der Waals surface area contributed by atoms with Crippen LogP contribution in [-0.4, -0.2) is 31.2 Å². The van der Waals surface area contributed by atoms with Crippen LogP contribution in [0.5, 0.6) is 0 Å². The average Bonchev–Trinajstić information content (AvgIpc) is 3.05. The van der Waals surface area contributed by atoms with Crippen LogP contribution in [0.15, 0.2) is 72.3 Å². The van der Waals surface area contributed by atoms with E-state index in [0.717, 1.165) is 60.3 Å². The molecular weight excluding hydrogens is 498 g/mol. The van der Waals surface area contributed by atoms with E-state index in [9.17, 15) is 17.6 Å². The Balaban J connectivity index is 1.54. The largest absolute Gasteiger partial charge is 0.417 e. The van der Waals surface area contributed by atoms with Crippen molar-refractivity contribution in [3.05, 3.63) is 111 Å². The molecule has 0 spiro atoms. The molecule has 6 heteroatoms. The Morgan fingerprint density at radius 2 is 1.62 bits per heavy atom. The third-order valence-electron chi connectivity index (χ3n) is 7.11. The summed E-state index contributed by atoms with van der Waals surface area (Å²) >= 11 is 5.93. The number of hydrogen-bond acceptors (Lipinski definition) is 1. The quantitative estimate of drug-likeness (QED) is 0.291. The molecule has 0 radical (unpaired) electrons. The maximum absolute atomic E-state index is 13.7. The van der Waals surface area contributed by atoms with Crippen molar-refractivity contribution in [2.24, 2.45) is 0 Å². The first-order valence-corrected chi connectivity index (χ1v) is 13.0. The lowest BCUT2D eigenvalue weighted by Crippen LogP contribution is -2.40. The maximum atomic E-state index is 13.7. The minimum atomic E-state index is -4.52. The molecule has 192 valence electrons. The molecule has 1 nitrogen and oxygen atoms in total. The summed E-state index contributed by atoms with van der Waals surface area (Å²) in [7, 11) is 0. The van der Waals surface area contributed by atoms with E-state index in [0.29, 0.717) is 18.4 Å². The number of halogens is 5. The topological polar surface area (TPSA) is 3.24 Å². The van der Waals surface area contributed by atoms with Crippen molar-refractivity contribution < 1.29 is 17.6 Å². The van der Waals surface area contributed by atoms with Crippen molar-refractivity contribution in [2.75, 3.05) is 26.3 Å². The fourth-order valence-electron chi connectivity index (χ4n) is 5.32. The summed E-state index contributed by atoms with van der Waals surface area (Å²) in [6, 6.07) is 20.6. The second kappa shape index (κ2) is 10.8. The Bertz CT molecular complexity index is 1330. The Labute approximate surface area is 220 Å². The second-order valence-corrected chi connectivity index (χ2v) is 10.1. The van der Waals surface area contributed by atoms with Crippen molar-refractivity contribution in [1.82, 2.24) is 4.90 Å². The molecule has 3 aromatic carbocycles. The van der Waals surface area contributed by atoms with Gasteiger partial charge >= 0.3 is 6.18 Å². The summed E-state index contributed by atoms with van der Waals surface area (Å²) in [6.07, 6.45) is 0.604. The summed E-state index contributed by atoms with van der Waals surface area (Å²) in [6.45, 7) is 2.22. The number of nitrogens with zero attached hydrogens (tertiary/aromatic N) is 1. The van der Waals surface area contributed by atoms with Gasteiger partial charge in [-0.25, -0.2) is 0 Å². The number of benzene rings is 3. The van der Waals surface area contributed by atoms with E-state index in [2.05, 4.69) is 47.4 Å². The molecule has 0 bridgehead atoms. The molecule has 1 heterocycles. The van der Waals surface area contributed by atoms with Gasteiger partial charge in [0.1, 0.15) is 0 Å². The number of hydrogen-bond donors (Lipinski definition) is 0. The zero-order chi connectivity index (χ0) is 26.0. The van der Waals surface area contributed by atoms with E-state index in [1.807, 2.05) is 12.1 Å². The molecule has 1 fully saturated rings. The van der Waals surface area contributed by atoms with Crippen molar-refractivity contribution in [2.45, 2.75) is 31.9 Å². The minimum absolute atomic E-state index is 0.286. The van der Waals surface area contributed by atoms with Crippen molar-refractivity contribution in [1.29, 1.82) is 0 Å². The molecule has 1 aliphatic carbocycles. The zero-order valence-electron chi connectivity index (χ0n) is 20.4. The molecule has 0 aromatic heterocycles. The van der Waals surface area contributed by atoms with E-state index in [4.69, 9.17) is 11.6 Å². The van der Waals surface area contributed by atoms with Crippen molar-refractivity contribution >= 4 is 28.8 Å². The lowest BCUT2D eigenvalue weighted by molar-refractivity contribution is -0.137. The molecule has 1 saturated heterocycles. The highest BCUT2D eigenvalue weighted by Crippen LogP contribution is 2.42. The number of alkyl halides is 4. The van der Waals surface area contributed by atoms with Gasteiger partial charge in [0.2, 0.25) is 0 Å². The number of likely N-dealkylation sites (tertiary alicyclic amines) is 1. The molecule has 0 amide bonds. The summed E-state index contributed by atoms with van der Waals surface area (Å²) in [4.78, 5) is 2.22. The lowest BCUT2D eigenvalue weighted by atomic mass is 9.87. The van der Waals surface area contributed by atoms with Gasteiger partial charge in [0.05, 0.1) is 17.3 Å². The van der Waals surface area contributed by atoms with Gasteiger partial charge in [0.25, 0.3) is 0 Å². The number of rotatable bonds is 6. The Morgan fingerprint density at radius 3 is 2.35 bits per heavy atom. The summed E-state index contributed by atoms with van der Waals surface area (Å²) in [5, 5.41) is -0.288. The molecule has 0 saturated carbocycles. The van der Waals surface area contributed by atoms with Gasteiger partial charge in [0, 0.05) is 19.6 Å². The molecule has 2 aliphatic rings. The number of allylic oxidation sites excluding steroid dienone is 1. The van der Waals surface area contributed by atoms with Gasteiger partial charge in [-0.3, -0.25) is 9.29 Å². The van der Waals surface area contributed by atoms with E-state index < -0.39 is 11.7 Å². The molecule has 0 N–H and O–H groups in total. The van der Waals surface area contributed by atoms with Crippen molar-refractivity contribution in [3.63, 3.8) is 0 Å². The van der Waals surface area contributed by atoms with Crippen molar-refractivity contribution in [3.8, 4) is 0 Å². The fourth-order valence-corrected chi connectivity index (χ4v) is 5.54. The van der Waals surface area contributed by atoms with Gasteiger partial charge in [-0.15, -0.1) is 0 Å². The predicted molar refractivity (Wildman–Crippen MR) is 143 cm³/mol. The molecule has 3 aromatic rings. The van der Waals surface area contributed by atoms with Crippen LogP contribution < -0.4 is 0 Å². The van der Waals surface area contributed by atoms with Crippen LogP contribution in [0.25, 0.3) is 17.2 Å². The molecule has 0 unspecified atom stereocenters. The highest BCUT2D eigenvalue weighted by atomic mass is 35.5. The highest BCUT2D eigenvalue weighted by molar-refractivity contribution is 6.31. The second-order valence-electron chi connectivity index (χ2n) is 9.73.